The largest absolute Gasteiger partial charge is 0.481 e. The van der Waals surface area contributed by atoms with Gasteiger partial charge in [0, 0.05) is 0 Å². The van der Waals surface area contributed by atoms with Gasteiger partial charge in [-0.05, 0) is 31.4 Å². The van der Waals surface area contributed by atoms with Crippen LogP contribution >= 0.6 is 0 Å². The first-order valence-corrected chi connectivity index (χ1v) is 7.77. The second-order valence-electron chi connectivity index (χ2n) is 6.31. The van der Waals surface area contributed by atoms with E-state index in [-0.39, 0.29) is 24.0 Å². The van der Waals surface area contributed by atoms with Gasteiger partial charge in [0.2, 0.25) is 0 Å². The highest BCUT2D eigenvalue weighted by Crippen LogP contribution is 2.43. The summed E-state index contributed by atoms with van der Waals surface area (Å²) < 4.78 is 0. The van der Waals surface area contributed by atoms with Gasteiger partial charge in [0.25, 0.3) is 11.8 Å². The third kappa shape index (κ3) is 1.97. The summed E-state index contributed by atoms with van der Waals surface area (Å²) in [6.45, 7) is 1.66. The molecule has 1 aromatic carbocycles. The zero-order valence-electron chi connectivity index (χ0n) is 13.1. The Morgan fingerprint density at radius 1 is 1.17 bits per heavy atom. The third-order valence-corrected chi connectivity index (χ3v) is 5.07. The normalized spacial score (nSPS) is 26.4. The number of fused-ring (bicyclic) bond motifs is 1. The number of carbonyl (C=O) groups excluding carboxylic acids is 2. The number of imide groups is 1. The first-order chi connectivity index (χ1) is 11.3. The average molecular weight is 331 g/mol. The van der Waals surface area contributed by atoms with E-state index in [1.165, 1.54) is 6.07 Å². The Balaban J connectivity index is 2.20. The predicted molar refractivity (Wildman–Crippen MR) is 81.6 cm³/mol. The maximum Gasteiger partial charge on any atom is 0.331 e. The smallest absolute Gasteiger partial charge is 0.331 e. The van der Waals surface area contributed by atoms with Gasteiger partial charge in [-0.25, -0.2) is 4.79 Å². The molecular formula is C17H17NO6. The Bertz CT molecular complexity index is 770. The van der Waals surface area contributed by atoms with Gasteiger partial charge < -0.3 is 10.2 Å². The van der Waals surface area contributed by atoms with E-state index >= 15 is 0 Å². The molecule has 1 fully saturated rings. The van der Waals surface area contributed by atoms with Gasteiger partial charge in [-0.15, -0.1) is 0 Å². The fraction of sp³-hybridized carbons (Fsp3) is 0.412. The van der Waals surface area contributed by atoms with Crippen LogP contribution in [-0.2, 0) is 9.59 Å². The number of rotatable bonds is 3. The molecule has 0 bridgehead atoms. The van der Waals surface area contributed by atoms with E-state index in [2.05, 4.69) is 0 Å². The Kier molecular flexibility index (Phi) is 3.66. The van der Waals surface area contributed by atoms with Crippen molar-refractivity contribution >= 4 is 23.8 Å². The van der Waals surface area contributed by atoms with Crippen LogP contribution in [0.4, 0.5) is 0 Å². The van der Waals surface area contributed by atoms with Crippen molar-refractivity contribution in [2.24, 2.45) is 5.92 Å². The predicted octanol–water partition coefficient (Wildman–Crippen LogP) is 1.69. The zero-order chi connectivity index (χ0) is 17.6. The summed E-state index contributed by atoms with van der Waals surface area (Å²) in [5, 5.41) is 19.4. The molecule has 0 aromatic heterocycles. The SMILES string of the molecule is Cc1cccc2c1C(=O)N(C1(C(=O)O)CCCCC1C(=O)O)C2=O. The van der Waals surface area contributed by atoms with E-state index in [1.807, 2.05) is 0 Å². The summed E-state index contributed by atoms with van der Waals surface area (Å²) >= 11 is 0. The number of carboxylic acids is 2. The molecule has 2 unspecified atom stereocenters. The molecule has 1 aliphatic heterocycles. The number of hydrogen-bond donors (Lipinski definition) is 2. The van der Waals surface area contributed by atoms with Crippen molar-refractivity contribution in [3.63, 3.8) is 0 Å². The summed E-state index contributed by atoms with van der Waals surface area (Å²) in [6.07, 6.45) is 1.06. The molecule has 3 rings (SSSR count). The summed E-state index contributed by atoms with van der Waals surface area (Å²) in [5.41, 5.74) is -1.17. The number of hydrogen-bond acceptors (Lipinski definition) is 4. The summed E-state index contributed by atoms with van der Waals surface area (Å²) in [5.74, 6) is -5.50. The van der Waals surface area contributed by atoms with Crippen LogP contribution in [0, 0.1) is 12.8 Å². The number of aliphatic carboxylic acids is 2. The second-order valence-corrected chi connectivity index (χ2v) is 6.31. The number of carbonyl (C=O) groups is 4. The molecule has 7 heteroatoms. The lowest BCUT2D eigenvalue weighted by atomic mass is 9.71. The quantitative estimate of drug-likeness (QED) is 0.815. The number of aryl methyl sites for hydroxylation is 1. The van der Waals surface area contributed by atoms with Crippen molar-refractivity contribution in [3.05, 3.63) is 34.9 Å². The third-order valence-electron chi connectivity index (χ3n) is 5.07. The molecule has 1 heterocycles. The van der Waals surface area contributed by atoms with Crippen molar-refractivity contribution in [1.82, 2.24) is 4.90 Å². The number of benzene rings is 1. The van der Waals surface area contributed by atoms with E-state index in [9.17, 15) is 29.4 Å². The van der Waals surface area contributed by atoms with Crippen molar-refractivity contribution in [2.45, 2.75) is 38.1 Å². The molecule has 2 N–H and O–H groups in total. The maximum absolute atomic E-state index is 12.9. The van der Waals surface area contributed by atoms with Crippen LogP contribution in [-0.4, -0.2) is 44.4 Å². The van der Waals surface area contributed by atoms with Crippen molar-refractivity contribution in [3.8, 4) is 0 Å². The van der Waals surface area contributed by atoms with Crippen LogP contribution < -0.4 is 0 Å². The monoisotopic (exact) mass is 331 g/mol. The minimum Gasteiger partial charge on any atom is -0.481 e. The Labute approximate surface area is 137 Å². The first kappa shape index (κ1) is 16.2. The van der Waals surface area contributed by atoms with Crippen molar-refractivity contribution in [1.29, 1.82) is 0 Å². The van der Waals surface area contributed by atoms with Crippen LogP contribution in [0.15, 0.2) is 18.2 Å². The average Bonchev–Trinajstić information content (AvgIpc) is 2.79. The van der Waals surface area contributed by atoms with Crippen LogP contribution in [0.1, 0.15) is 52.0 Å². The molecule has 0 saturated heterocycles. The van der Waals surface area contributed by atoms with Crippen LogP contribution in [0.25, 0.3) is 0 Å². The summed E-state index contributed by atoms with van der Waals surface area (Å²) in [7, 11) is 0. The first-order valence-electron chi connectivity index (χ1n) is 7.77. The standard InChI is InChI=1S/C17H17NO6/c1-9-5-4-6-10-12(9)14(20)18(13(10)19)17(16(23)24)8-3-2-7-11(17)15(21)22/h4-6,11H,2-3,7-8H2,1H3,(H,21,22)(H,23,24). The van der Waals surface area contributed by atoms with E-state index < -0.39 is 35.2 Å². The lowest BCUT2D eigenvalue weighted by Gasteiger charge is -2.43. The molecule has 1 aliphatic carbocycles. The van der Waals surface area contributed by atoms with Crippen molar-refractivity contribution < 1.29 is 29.4 Å². The molecule has 1 aromatic rings. The molecule has 0 radical (unpaired) electrons. The Hall–Kier alpha value is -2.70. The summed E-state index contributed by atoms with van der Waals surface area (Å²) in [4.78, 5) is 50.1. The molecule has 1 saturated carbocycles. The molecular weight excluding hydrogens is 314 g/mol. The lowest BCUT2D eigenvalue weighted by Crippen LogP contribution is -2.64. The van der Waals surface area contributed by atoms with Crippen LogP contribution in [0.3, 0.4) is 0 Å². The van der Waals surface area contributed by atoms with E-state index in [0.29, 0.717) is 23.3 Å². The van der Waals surface area contributed by atoms with Gasteiger partial charge in [-0.2, -0.15) is 0 Å². The van der Waals surface area contributed by atoms with Crippen molar-refractivity contribution in [2.75, 3.05) is 0 Å². The van der Waals surface area contributed by atoms with Gasteiger partial charge in [-0.3, -0.25) is 19.3 Å². The molecule has 7 nitrogen and oxygen atoms in total. The molecule has 2 amide bonds. The highest BCUT2D eigenvalue weighted by molar-refractivity contribution is 6.24. The van der Waals surface area contributed by atoms with E-state index in [1.54, 1.807) is 19.1 Å². The minimum absolute atomic E-state index is 0.0518. The number of carboxylic acid groups (broad SMARTS) is 2. The molecule has 2 aliphatic rings. The Morgan fingerprint density at radius 3 is 2.46 bits per heavy atom. The number of nitrogens with zero attached hydrogens (tertiary/aromatic N) is 1. The maximum atomic E-state index is 12.9. The van der Waals surface area contributed by atoms with Gasteiger partial charge in [0.1, 0.15) is 0 Å². The fourth-order valence-corrected chi connectivity index (χ4v) is 3.92. The molecule has 126 valence electrons. The molecule has 2 atom stereocenters. The van der Waals surface area contributed by atoms with Gasteiger partial charge in [0.05, 0.1) is 17.0 Å². The van der Waals surface area contributed by atoms with Gasteiger partial charge >= 0.3 is 11.9 Å². The van der Waals surface area contributed by atoms with E-state index in [0.717, 1.165) is 0 Å². The van der Waals surface area contributed by atoms with Crippen LogP contribution in [0.5, 0.6) is 0 Å². The Morgan fingerprint density at radius 2 is 1.88 bits per heavy atom. The second kappa shape index (κ2) is 5.43. The molecule has 24 heavy (non-hydrogen) atoms. The minimum atomic E-state index is -2.04. The zero-order valence-corrected chi connectivity index (χ0v) is 13.1. The summed E-state index contributed by atoms with van der Waals surface area (Å²) in [6, 6.07) is 4.75. The number of amides is 2. The van der Waals surface area contributed by atoms with Gasteiger partial charge in [-0.1, -0.05) is 25.0 Å². The highest BCUT2D eigenvalue weighted by atomic mass is 16.4. The lowest BCUT2D eigenvalue weighted by molar-refractivity contribution is -0.164. The van der Waals surface area contributed by atoms with Gasteiger partial charge in [0.15, 0.2) is 5.54 Å². The van der Waals surface area contributed by atoms with E-state index in [4.69, 9.17) is 0 Å². The van der Waals surface area contributed by atoms with Crippen LogP contribution in [0.2, 0.25) is 0 Å². The highest BCUT2D eigenvalue weighted by Gasteiger charge is 2.61. The molecule has 0 spiro atoms. The topological polar surface area (TPSA) is 112 Å². The fourth-order valence-electron chi connectivity index (χ4n) is 3.92.